The van der Waals surface area contributed by atoms with E-state index >= 15 is 0 Å². The number of carbonyl (C=O) groups is 2. The maximum Gasteiger partial charge on any atom is 0.300 e. The van der Waals surface area contributed by atoms with Crippen molar-refractivity contribution >= 4 is 40.4 Å². The molecule has 3 aromatic carbocycles. The average Bonchev–Trinajstić information content (AvgIpc) is 3.15. The first-order chi connectivity index (χ1) is 17.9. The van der Waals surface area contributed by atoms with Crippen molar-refractivity contribution in [1.82, 2.24) is 0 Å². The molecule has 3 aromatic rings. The van der Waals surface area contributed by atoms with Gasteiger partial charge in [0.05, 0.1) is 23.2 Å². The lowest BCUT2D eigenvalue weighted by Gasteiger charge is -2.27. The van der Waals surface area contributed by atoms with Crippen molar-refractivity contribution in [3.8, 4) is 5.75 Å². The van der Waals surface area contributed by atoms with E-state index in [1.54, 1.807) is 18.2 Å². The summed E-state index contributed by atoms with van der Waals surface area (Å²) in [6.07, 6.45) is 0. The topological polar surface area (TPSA) is 70.1 Å². The van der Waals surface area contributed by atoms with Crippen molar-refractivity contribution in [2.75, 3.05) is 30.5 Å². The molecule has 0 aromatic heterocycles. The molecule has 0 saturated carbocycles. The van der Waals surface area contributed by atoms with Crippen LogP contribution in [0.1, 0.15) is 50.4 Å². The van der Waals surface area contributed by atoms with E-state index in [-0.39, 0.29) is 16.7 Å². The molecule has 1 heterocycles. The van der Waals surface area contributed by atoms with E-state index in [2.05, 4.69) is 20.8 Å². The molecule has 198 valence electrons. The predicted molar refractivity (Wildman–Crippen MR) is 153 cm³/mol. The molecular formula is C31H33ClN2O4. The molecule has 6 nitrogen and oxygen atoms in total. The average molecular weight is 533 g/mol. The lowest BCUT2D eigenvalue weighted by molar-refractivity contribution is -0.132. The summed E-state index contributed by atoms with van der Waals surface area (Å²) in [5, 5.41) is 11.8. The molecule has 1 aliphatic heterocycles. The third-order valence-corrected chi connectivity index (χ3v) is 7.00. The second kappa shape index (κ2) is 10.5. The number of nitrogens with zero attached hydrogens (tertiary/aromatic N) is 2. The van der Waals surface area contributed by atoms with Crippen LogP contribution in [0.3, 0.4) is 0 Å². The van der Waals surface area contributed by atoms with Crippen LogP contribution in [0.25, 0.3) is 5.76 Å². The standard InChI is InChI=1S/C31H33ClN2O4/c1-7-38-25-18-20(10-17-24(25)32)28(35)26-27(19-8-13-22(14-9-19)33(5)6)34(30(37)29(26)36)23-15-11-21(12-16-23)31(2,3)4/h8-18,27,35H,7H2,1-6H3/b28-26-. The van der Waals surface area contributed by atoms with E-state index < -0.39 is 17.7 Å². The third kappa shape index (κ3) is 5.14. The zero-order valence-electron chi connectivity index (χ0n) is 22.6. The van der Waals surface area contributed by atoms with Gasteiger partial charge in [-0.3, -0.25) is 14.5 Å². The summed E-state index contributed by atoms with van der Waals surface area (Å²) in [6.45, 7) is 8.56. The molecule has 1 unspecified atom stereocenters. The normalized spacial score (nSPS) is 17.1. The van der Waals surface area contributed by atoms with Gasteiger partial charge in [0.15, 0.2) is 0 Å². The SMILES string of the molecule is CCOc1cc(/C(O)=C2/C(=O)C(=O)N(c3ccc(C(C)(C)C)cc3)C2c2ccc(N(C)C)cc2)ccc1Cl. The smallest absolute Gasteiger partial charge is 0.300 e. The van der Waals surface area contributed by atoms with E-state index in [1.165, 1.54) is 4.90 Å². The van der Waals surface area contributed by atoms with E-state index in [9.17, 15) is 14.7 Å². The zero-order valence-corrected chi connectivity index (χ0v) is 23.3. The molecule has 1 N–H and O–H groups in total. The van der Waals surface area contributed by atoms with E-state index in [1.807, 2.05) is 74.4 Å². The van der Waals surface area contributed by atoms with Crippen LogP contribution in [-0.2, 0) is 15.0 Å². The number of rotatable bonds is 6. The molecule has 1 saturated heterocycles. The first-order valence-electron chi connectivity index (χ1n) is 12.6. The number of benzene rings is 3. The minimum absolute atomic E-state index is 0.0114. The van der Waals surface area contributed by atoms with Gasteiger partial charge >= 0.3 is 0 Å². The molecular weight excluding hydrogens is 500 g/mol. The Kier molecular flexibility index (Phi) is 7.56. The summed E-state index contributed by atoms with van der Waals surface area (Å²) in [6, 6.07) is 19.2. The fourth-order valence-electron chi connectivity index (χ4n) is 4.56. The van der Waals surface area contributed by atoms with Crippen LogP contribution in [0, 0.1) is 0 Å². The van der Waals surface area contributed by atoms with Crippen LogP contribution >= 0.6 is 11.6 Å². The molecule has 0 bridgehead atoms. The second-order valence-corrected chi connectivity index (χ2v) is 10.9. The van der Waals surface area contributed by atoms with Gasteiger partial charge in [-0.25, -0.2) is 0 Å². The zero-order chi connectivity index (χ0) is 27.8. The highest BCUT2D eigenvalue weighted by molar-refractivity contribution is 6.51. The van der Waals surface area contributed by atoms with Gasteiger partial charge in [-0.15, -0.1) is 0 Å². The molecule has 1 aliphatic rings. The van der Waals surface area contributed by atoms with Crippen LogP contribution in [-0.4, -0.2) is 37.5 Å². The first-order valence-corrected chi connectivity index (χ1v) is 12.9. The molecule has 1 fully saturated rings. The number of hydrogen-bond acceptors (Lipinski definition) is 5. The van der Waals surface area contributed by atoms with Crippen molar-refractivity contribution in [1.29, 1.82) is 0 Å². The Morgan fingerprint density at radius 1 is 1.00 bits per heavy atom. The van der Waals surface area contributed by atoms with Crippen LogP contribution in [0.15, 0.2) is 72.3 Å². The van der Waals surface area contributed by atoms with Gasteiger partial charge in [0, 0.05) is 31.0 Å². The first kappa shape index (κ1) is 27.3. The fourth-order valence-corrected chi connectivity index (χ4v) is 4.74. The Morgan fingerprint density at radius 2 is 1.63 bits per heavy atom. The van der Waals surface area contributed by atoms with Crippen LogP contribution in [0.2, 0.25) is 5.02 Å². The van der Waals surface area contributed by atoms with Gasteiger partial charge < -0.3 is 14.7 Å². The molecule has 0 radical (unpaired) electrons. The maximum absolute atomic E-state index is 13.5. The summed E-state index contributed by atoms with van der Waals surface area (Å²) < 4.78 is 5.58. The van der Waals surface area contributed by atoms with Gasteiger partial charge in [-0.2, -0.15) is 0 Å². The Hall–Kier alpha value is -3.77. The highest BCUT2D eigenvalue weighted by Crippen LogP contribution is 2.43. The van der Waals surface area contributed by atoms with Gasteiger partial charge in [-0.05, 0) is 65.9 Å². The minimum atomic E-state index is -0.821. The number of hydrogen-bond donors (Lipinski definition) is 1. The molecule has 7 heteroatoms. The van der Waals surface area contributed by atoms with E-state index in [0.717, 1.165) is 11.3 Å². The number of Topliss-reactive ketones (excluding diaryl/α,β-unsaturated/α-hetero) is 1. The molecule has 1 amide bonds. The number of aliphatic hydroxyl groups is 1. The third-order valence-electron chi connectivity index (χ3n) is 6.69. The summed E-state index contributed by atoms with van der Waals surface area (Å²) >= 11 is 6.25. The predicted octanol–water partition coefficient (Wildman–Crippen LogP) is 6.73. The van der Waals surface area contributed by atoms with Crippen LogP contribution in [0.4, 0.5) is 11.4 Å². The van der Waals surface area contributed by atoms with E-state index in [4.69, 9.17) is 16.3 Å². The van der Waals surface area contributed by atoms with Gasteiger partial charge in [0.25, 0.3) is 11.7 Å². The summed E-state index contributed by atoms with van der Waals surface area (Å²) in [7, 11) is 3.88. The van der Waals surface area contributed by atoms with Crippen molar-refractivity contribution in [2.24, 2.45) is 0 Å². The molecule has 1 atom stereocenters. The monoisotopic (exact) mass is 532 g/mol. The van der Waals surface area contributed by atoms with Gasteiger partial charge in [0.1, 0.15) is 11.5 Å². The minimum Gasteiger partial charge on any atom is -0.507 e. The van der Waals surface area contributed by atoms with Gasteiger partial charge in [0.2, 0.25) is 0 Å². The fraction of sp³-hybridized carbons (Fsp3) is 0.290. The lowest BCUT2D eigenvalue weighted by atomic mass is 9.87. The van der Waals surface area contributed by atoms with Gasteiger partial charge in [-0.1, -0.05) is 56.6 Å². The number of carbonyl (C=O) groups excluding carboxylic acids is 2. The number of amides is 1. The number of anilines is 2. The summed E-state index contributed by atoms with van der Waals surface area (Å²) in [4.78, 5) is 30.4. The maximum atomic E-state index is 13.5. The number of ether oxygens (including phenoxy) is 1. The highest BCUT2D eigenvalue weighted by atomic mass is 35.5. The summed E-state index contributed by atoms with van der Waals surface area (Å²) in [5.74, 6) is -1.35. The Morgan fingerprint density at radius 3 is 2.18 bits per heavy atom. The highest BCUT2D eigenvalue weighted by Gasteiger charge is 2.47. The van der Waals surface area contributed by atoms with Crippen molar-refractivity contribution in [2.45, 2.75) is 39.2 Å². The Balaban J connectivity index is 1.90. The molecule has 0 spiro atoms. The second-order valence-electron chi connectivity index (χ2n) is 10.5. The Labute approximate surface area is 229 Å². The Bertz CT molecular complexity index is 1390. The number of ketones is 1. The summed E-state index contributed by atoms with van der Waals surface area (Å²) in [5.41, 5.74) is 3.64. The van der Waals surface area contributed by atoms with Crippen LogP contribution in [0.5, 0.6) is 5.75 Å². The lowest BCUT2D eigenvalue weighted by Crippen LogP contribution is -2.29. The number of aliphatic hydroxyl groups excluding tert-OH is 1. The molecule has 0 aliphatic carbocycles. The quantitative estimate of drug-likeness (QED) is 0.216. The van der Waals surface area contributed by atoms with Crippen molar-refractivity contribution in [3.05, 3.63) is 94.0 Å². The van der Waals surface area contributed by atoms with E-state index in [0.29, 0.717) is 34.2 Å². The largest absolute Gasteiger partial charge is 0.507 e. The van der Waals surface area contributed by atoms with Crippen LogP contribution < -0.4 is 14.5 Å². The molecule has 4 rings (SSSR count). The number of halogens is 1. The van der Waals surface area contributed by atoms with Crippen molar-refractivity contribution in [3.63, 3.8) is 0 Å². The molecule has 38 heavy (non-hydrogen) atoms. The van der Waals surface area contributed by atoms with Crippen molar-refractivity contribution < 1.29 is 19.4 Å².